The molecule has 2 nitrogen and oxygen atoms in total. The Balaban J connectivity index is 1.83. The first-order valence-corrected chi connectivity index (χ1v) is 7.78. The van der Waals surface area contributed by atoms with Gasteiger partial charge >= 0.3 is 0 Å². The van der Waals surface area contributed by atoms with E-state index in [1.165, 1.54) is 29.7 Å². The molecule has 0 fully saturated rings. The van der Waals surface area contributed by atoms with E-state index < -0.39 is 0 Å². The fraction of sp³-hybridized carbons (Fsp3) is 0.267. The van der Waals surface area contributed by atoms with Gasteiger partial charge < -0.3 is 4.98 Å². The molecule has 3 aromatic rings. The van der Waals surface area contributed by atoms with Gasteiger partial charge in [-0.2, -0.15) is 0 Å². The number of imidazole rings is 1. The van der Waals surface area contributed by atoms with Crippen molar-refractivity contribution in [2.45, 2.75) is 25.2 Å². The Morgan fingerprint density at radius 1 is 1.32 bits per heavy atom. The summed E-state index contributed by atoms with van der Waals surface area (Å²) < 4.78 is 0. The van der Waals surface area contributed by atoms with Gasteiger partial charge in [0.05, 0.1) is 11.0 Å². The Morgan fingerprint density at radius 3 is 3.21 bits per heavy atom. The standard InChI is InChI=1S/C15H13ClN2S/c16-9-4-5-12-13(8-9)18-15(17-12)11-2-1-3-14-10(11)6-7-19-14/h4-8,11H,1-3H2,(H,17,18). The van der Waals surface area contributed by atoms with Crippen LogP contribution in [-0.2, 0) is 6.42 Å². The zero-order chi connectivity index (χ0) is 12.8. The molecule has 1 aliphatic rings. The predicted octanol–water partition coefficient (Wildman–Crippen LogP) is 4.75. The quantitative estimate of drug-likeness (QED) is 0.688. The molecule has 1 aliphatic carbocycles. The van der Waals surface area contributed by atoms with Gasteiger partial charge in [0.1, 0.15) is 5.82 Å². The van der Waals surface area contributed by atoms with E-state index in [1.807, 2.05) is 29.5 Å². The van der Waals surface area contributed by atoms with Crippen molar-refractivity contribution in [2.75, 3.05) is 0 Å². The largest absolute Gasteiger partial charge is 0.341 e. The average Bonchev–Trinajstić information content (AvgIpc) is 3.03. The summed E-state index contributed by atoms with van der Waals surface area (Å²) in [4.78, 5) is 9.72. The highest BCUT2D eigenvalue weighted by Gasteiger charge is 2.25. The molecule has 1 unspecified atom stereocenters. The number of aromatic nitrogens is 2. The number of hydrogen-bond donors (Lipinski definition) is 1. The molecule has 0 bridgehead atoms. The smallest absolute Gasteiger partial charge is 0.114 e. The molecular weight excluding hydrogens is 276 g/mol. The maximum absolute atomic E-state index is 6.03. The molecule has 2 heterocycles. The molecule has 1 aromatic carbocycles. The summed E-state index contributed by atoms with van der Waals surface area (Å²) >= 11 is 7.90. The van der Waals surface area contributed by atoms with Crippen molar-refractivity contribution >= 4 is 34.0 Å². The summed E-state index contributed by atoms with van der Waals surface area (Å²) in [6.07, 6.45) is 3.64. The molecule has 96 valence electrons. The summed E-state index contributed by atoms with van der Waals surface area (Å²) in [5.41, 5.74) is 3.49. The number of fused-ring (bicyclic) bond motifs is 2. The molecule has 1 atom stereocenters. The molecular formula is C15H13ClN2S. The number of hydrogen-bond acceptors (Lipinski definition) is 2. The van der Waals surface area contributed by atoms with Crippen LogP contribution in [0.25, 0.3) is 11.0 Å². The first-order valence-electron chi connectivity index (χ1n) is 6.53. The second-order valence-electron chi connectivity index (χ2n) is 5.03. The minimum Gasteiger partial charge on any atom is -0.341 e. The summed E-state index contributed by atoms with van der Waals surface area (Å²) in [7, 11) is 0. The zero-order valence-corrected chi connectivity index (χ0v) is 11.9. The van der Waals surface area contributed by atoms with Crippen molar-refractivity contribution in [3.63, 3.8) is 0 Å². The van der Waals surface area contributed by atoms with Gasteiger partial charge in [-0.25, -0.2) is 4.98 Å². The Bertz CT molecular complexity index is 744. The van der Waals surface area contributed by atoms with Crippen LogP contribution >= 0.6 is 22.9 Å². The first kappa shape index (κ1) is 11.5. The second-order valence-corrected chi connectivity index (χ2v) is 6.46. The zero-order valence-electron chi connectivity index (χ0n) is 10.3. The molecule has 2 aromatic heterocycles. The van der Waals surface area contributed by atoms with Crippen LogP contribution in [0.3, 0.4) is 0 Å². The van der Waals surface area contributed by atoms with Gasteiger partial charge in [0.15, 0.2) is 0 Å². The third-order valence-corrected chi connectivity index (χ3v) is 5.08. The van der Waals surface area contributed by atoms with Gasteiger partial charge in [-0.1, -0.05) is 11.6 Å². The molecule has 0 amide bonds. The molecule has 0 spiro atoms. The number of halogens is 1. The summed E-state index contributed by atoms with van der Waals surface area (Å²) in [5.74, 6) is 1.50. The lowest BCUT2D eigenvalue weighted by atomic mass is 9.87. The minimum absolute atomic E-state index is 0.418. The first-order chi connectivity index (χ1) is 9.31. The van der Waals surface area contributed by atoms with Crippen LogP contribution in [-0.4, -0.2) is 9.97 Å². The van der Waals surface area contributed by atoms with Crippen molar-refractivity contribution < 1.29 is 0 Å². The van der Waals surface area contributed by atoms with E-state index in [4.69, 9.17) is 16.6 Å². The minimum atomic E-state index is 0.418. The van der Waals surface area contributed by atoms with E-state index in [-0.39, 0.29) is 0 Å². The van der Waals surface area contributed by atoms with Crippen LogP contribution in [0, 0.1) is 0 Å². The second kappa shape index (κ2) is 4.36. The highest BCUT2D eigenvalue weighted by atomic mass is 35.5. The average molecular weight is 289 g/mol. The lowest BCUT2D eigenvalue weighted by molar-refractivity contribution is 0.604. The Morgan fingerprint density at radius 2 is 2.26 bits per heavy atom. The number of thiophene rings is 1. The van der Waals surface area contributed by atoms with Gasteiger partial charge in [-0.15, -0.1) is 11.3 Å². The van der Waals surface area contributed by atoms with Crippen molar-refractivity contribution in [1.29, 1.82) is 0 Å². The van der Waals surface area contributed by atoms with E-state index in [0.29, 0.717) is 5.92 Å². The van der Waals surface area contributed by atoms with Crippen LogP contribution in [0.4, 0.5) is 0 Å². The van der Waals surface area contributed by atoms with Crippen LogP contribution in [0.2, 0.25) is 5.02 Å². The number of H-pyrrole nitrogens is 1. The van der Waals surface area contributed by atoms with E-state index in [2.05, 4.69) is 16.4 Å². The maximum atomic E-state index is 6.03. The van der Waals surface area contributed by atoms with E-state index in [9.17, 15) is 0 Å². The molecule has 0 radical (unpaired) electrons. The summed E-state index contributed by atoms with van der Waals surface area (Å²) in [5, 5.41) is 2.95. The lowest BCUT2D eigenvalue weighted by Gasteiger charge is -2.20. The van der Waals surface area contributed by atoms with Crippen LogP contribution in [0.15, 0.2) is 29.6 Å². The SMILES string of the molecule is Clc1ccc2nc(C3CCCc4sccc43)[nH]c2c1. The summed E-state index contributed by atoms with van der Waals surface area (Å²) in [6.45, 7) is 0. The monoisotopic (exact) mass is 288 g/mol. The van der Waals surface area contributed by atoms with Gasteiger partial charge in [-0.05, 0) is 54.5 Å². The van der Waals surface area contributed by atoms with Gasteiger partial charge in [0.2, 0.25) is 0 Å². The van der Waals surface area contributed by atoms with Crippen LogP contribution in [0.1, 0.15) is 35.0 Å². The van der Waals surface area contributed by atoms with Gasteiger partial charge in [0.25, 0.3) is 0 Å². The number of nitrogens with zero attached hydrogens (tertiary/aromatic N) is 1. The van der Waals surface area contributed by atoms with Crippen molar-refractivity contribution in [1.82, 2.24) is 9.97 Å². The number of rotatable bonds is 1. The number of benzene rings is 1. The molecule has 4 rings (SSSR count). The third-order valence-electron chi connectivity index (χ3n) is 3.84. The Labute approximate surface area is 120 Å². The van der Waals surface area contributed by atoms with E-state index in [1.54, 1.807) is 0 Å². The Kier molecular flexibility index (Phi) is 2.64. The fourth-order valence-electron chi connectivity index (χ4n) is 2.94. The molecule has 0 saturated carbocycles. The molecule has 0 saturated heterocycles. The van der Waals surface area contributed by atoms with Crippen LogP contribution < -0.4 is 0 Å². The van der Waals surface area contributed by atoms with Crippen molar-refractivity contribution in [3.8, 4) is 0 Å². The molecule has 1 N–H and O–H groups in total. The third kappa shape index (κ3) is 1.88. The van der Waals surface area contributed by atoms with E-state index >= 15 is 0 Å². The number of aromatic amines is 1. The normalized spacial score (nSPS) is 18.7. The van der Waals surface area contributed by atoms with Crippen molar-refractivity contribution in [2.24, 2.45) is 0 Å². The molecule has 0 aliphatic heterocycles. The highest BCUT2D eigenvalue weighted by molar-refractivity contribution is 7.10. The Hall–Kier alpha value is -1.32. The van der Waals surface area contributed by atoms with Gasteiger partial charge in [-0.3, -0.25) is 0 Å². The summed E-state index contributed by atoms with van der Waals surface area (Å²) in [6, 6.07) is 8.08. The maximum Gasteiger partial charge on any atom is 0.114 e. The number of nitrogens with one attached hydrogen (secondary N) is 1. The number of aryl methyl sites for hydroxylation is 1. The highest BCUT2D eigenvalue weighted by Crippen LogP contribution is 2.38. The lowest BCUT2D eigenvalue weighted by Crippen LogP contribution is -2.09. The fourth-order valence-corrected chi connectivity index (χ4v) is 4.10. The van der Waals surface area contributed by atoms with Crippen molar-refractivity contribution in [3.05, 3.63) is 50.9 Å². The van der Waals surface area contributed by atoms with Crippen LogP contribution in [0.5, 0.6) is 0 Å². The van der Waals surface area contributed by atoms with E-state index in [0.717, 1.165) is 21.9 Å². The molecule has 4 heteroatoms. The molecule has 19 heavy (non-hydrogen) atoms. The predicted molar refractivity (Wildman–Crippen MR) is 80.2 cm³/mol. The topological polar surface area (TPSA) is 28.7 Å². The van der Waals surface area contributed by atoms with Gasteiger partial charge in [0, 0.05) is 15.8 Å².